The van der Waals surface area contributed by atoms with E-state index in [1.807, 2.05) is 13.0 Å². The number of benzene rings is 1. The van der Waals surface area contributed by atoms with Crippen molar-refractivity contribution in [2.75, 3.05) is 0 Å². The highest BCUT2D eigenvalue weighted by molar-refractivity contribution is 5.74. The molecule has 0 spiro atoms. The molecule has 1 heterocycles. The number of carbonyl (C=O) groups is 1. The van der Waals surface area contributed by atoms with Crippen molar-refractivity contribution in [2.45, 2.75) is 52.1 Å². The maximum Gasteiger partial charge on any atom is 0.315 e. The van der Waals surface area contributed by atoms with Crippen LogP contribution in [0.1, 0.15) is 45.1 Å². The van der Waals surface area contributed by atoms with Gasteiger partial charge in [0.15, 0.2) is 0 Å². The van der Waals surface area contributed by atoms with Crippen molar-refractivity contribution < 1.29 is 13.9 Å². The van der Waals surface area contributed by atoms with Crippen molar-refractivity contribution in [1.82, 2.24) is 15.6 Å². The van der Waals surface area contributed by atoms with E-state index in [0.29, 0.717) is 17.2 Å². The number of halogens is 1. The number of nitrogens with one attached hydrogen (secondary N) is 2. The lowest BCUT2D eigenvalue weighted by Gasteiger charge is -2.15. The van der Waals surface area contributed by atoms with Crippen LogP contribution in [0.25, 0.3) is 0 Å². The number of rotatable bonds is 9. The Morgan fingerprint density at radius 3 is 2.88 bits per heavy atom. The number of urea groups is 1. The number of carbonyl (C=O) groups excluding carboxylic acids is 1. The lowest BCUT2D eigenvalue weighted by atomic mass is 10.1. The topological polar surface area (TPSA) is 63.2 Å². The SMILES string of the molecule is CCCCCC(C)NC(=O)NCc1cccnc1Oc1cccc(F)c1. The summed E-state index contributed by atoms with van der Waals surface area (Å²) in [4.78, 5) is 16.2. The predicted octanol–water partition coefficient (Wildman–Crippen LogP) is 4.78. The van der Waals surface area contributed by atoms with Crippen LogP contribution in [-0.2, 0) is 6.54 Å². The fourth-order valence-corrected chi connectivity index (χ4v) is 2.52. The van der Waals surface area contributed by atoms with Crippen molar-refractivity contribution >= 4 is 6.03 Å². The molecule has 0 fully saturated rings. The molecular weight excluding hydrogens is 333 g/mol. The molecule has 2 rings (SSSR count). The van der Waals surface area contributed by atoms with Gasteiger partial charge in [-0.3, -0.25) is 0 Å². The maximum absolute atomic E-state index is 13.3. The van der Waals surface area contributed by atoms with Crippen molar-refractivity contribution in [3.8, 4) is 11.6 Å². The molecular formula is C20H26FN3O2. The van der Waals surface area contributed by atoms with E-state index >= 15 is 0 Å². The molecule has 1 aromatic heterocycles. The molecule has 6 heteroatoms. The van der Waals surface area contributed by atoms with Gasteiger partial charge in [-0.05, 0) is 31.5 Å². The van der Waals surface area contributed by atoms with E-state index in [1.54, 1.807) is 24.4 Å². The summed E-state index contributed by atoms with van der Waals surface area (Å²) in [6.45, 7) is 4.42. The molecule has 2 N–H and O–H groups in total. The molecule has 1 atom stereocenters. The number of nitrogens with zero attached hydrogens (tertiary/aromatic N) is 1. The van der Waals surface area contributed by atoms with Gasteiger partial charge in [0.25, 0.3) is 0 Å². The average molecular weight is 359 g/mol. The van der Waals surface area contributed by atoms with Gasteiger partial charge in [-0.2, -0.15) is 0 Å². The quantitative estimate of drug-likeness (QED) is 0.633. The largest absolute Gasteiger partial charge is 0.439 e. The zero-order chi connectivity index (χ0) is 18.8. The Hall–Kier alpha value is -2.63. The number of pyridine rings is 1. The number of hydrogen-bond acceptors (Lipinski definition) is 3. The van der Waals surface area contributed by atoms with E-state index in [2.05, 4.69) is 22.5 Å². The van der Waals surface area contributed by atoms with Gasteiger partial charge < -0.3 is 15.4 Å². The third kappa shape index (κ3) is 6.70. The minimum atomic E-state index is -0.380. The highest BCUT2D eigenvalue weighted by Crippen LogP contribution is 2.23. The first-order valence-electron chi connectivity index (χ1n) is 9.00. The molecule has 2 aromatic rings. The van der Waals surface area contributed by atoms with Crippen molar-refractivity contribution in [2.24, 2.45) is 0 Å². The van der Waals surface area contributed by atoms with E-state index in [-0.39, 0.29) is 24.4 Å². The minimum absolute atomic E-state index is 0.124. The molecule has 0 saturated heterocycles. The van der Waals surface area contributed by atoms with Crippen LogP contribution in [0.15, 0.2) is 42.6 Å². The molecule has 0 aliphatic heterocycles. The Labute approximate surface area is 154 Å². The second-order valence-electron chi connectivity index (χ2n) is 6.25. The van der Waals surface area contributed by atoms with Crippen LogP contribution >= 0.6 is 0 Å². The normalized spacial score (nSPS) is 11.7. The summed E-state index contributed by atoms with van der Waals surface area (Å²) >= 11 is 0. The van der Waals surface area contributed by atoms with Crippen LogP contribution in [0.5, 0.6) is 11.6 Å². The van der Waals surface area contributed by atoms with Gasteiger partial charge in [0.1, 0.15) is 11.6 Å². The zero-order valence-electron chi connectivity index (χ0n) is 15.3. The summed E-state index contributed by atoms with van der Waals surface area (Å²) in [5.41, 5.74) is 0.713. The van der Waals surface area contributed by atoms with Gasteiger partial charge in [-0.1, -0.05) is 38.3 Å². The second kappa shape index (κ2) is 10.4. The number of unbranched alkanes of at least 4 members (excludes halogenated alkanes) is 2. The van der Waals surface area contributed by atoms with Gasteiger partial charge in [-0.15, -0.1) is 0 Å². The summed E-state index contributed by atoms with van der Waals surface area (Å²) in [6, 6.07) is 9.33. The van der Waals surface area contributed by atoms with Crippen LogP contribution in [0.3, 0.4) is 0 Å². The van der Waals surface area contributed by atoms with Crippen molar-refractivity contribution in [3.05, 3.63) is 54.0 Å². The number of ether oxygens (including phenoxy) is 1. The number of amides is 2. The van der Waals surface area contributed by atoms with E-state index in [4.69, 9.17) is 4.74 Å². The van der Waals surface area contributed by atoms with E-state index < -0.39 is 0 Å². The Bertz CT molecular complexity index is 709. The third-order valence-corrected chi connectivity index (χ3v) is 3.92. The highest BCUT2D eigenvalue weighted by Gasteiger charge is 2.10. The molecule has 2 amide bonds. The fourth-order valence-electron chi connectivity index (χ4n) is 2.52. The summed E-state index contributed by atoms with van der Waals surface area (Å²) in [5, 5.41) is 5.74. The van der Waals surface area contributed by atoms with E-state index in [1.165, 1.54) is 18.6 Å². The maximum atomic E-state index is 13.3. The number of aromatic nitrogens is 1. The lowest BCUT2D eigenvalue weighted by molar-refractivity contribution is 0.236. The summed E-state index contributed by atoms with van der Waals surface area (Å²) in [7, 11) is 0. The first-order valence-corrected chi connectivity index (χ1v) is 9.00. The standard InChI is InChI=1S/C20H26FN3O2/c1-3-4-5-8-15(2)24-20(25)23-14-16-9-7-12-22-19(16)26-18-11-6-10-17(21)13-18/h6-7,9-13,15H,3-5,8,14H2,1-2H3,(H2,23,24,25). The van der Waals surface area contributed by atoms with Gasteiger partial charge in [0.05, 0.1) is 0 Å². The summed E-state index contributed by atoms with van der Waals surface area (Å²) < 4.78 is 18.9. The minimum Gasteiger partial charge on any atom is -0.439 e. The Balaban J connectivity index is 1.88. The van der Waals surface area contributed by atoms with Crippen LogP contribution in [0.2, 0.25) is 0 Å². The van der Waals surface area contributed by atoms with Gasteiger partial charge in [0.2, 0.25) is 5.88 Å². The zero-order valence-corrected chi connectivity index (χ0v) is 15.3. The van der Waals surface area contributed by atoms with Crippen LogP contribution in [-0.4, -0.2) is 17.1 Å². The molecule has 0 aliphatic carbocycles. The molecule has 5 nitrogen and oxygen atoms in total. The first-order chi connectivity index (χ1) is 12.6. The Morgan fingerprint density at radius 1 is 1.27 bits per heavy atom. The van der Waals surface area contributed by atoms with E-state index in [0.717, 1.165) is 19.3 Å². The van der Waals surface area contributed by atoms with Crippen molar-refractivity contribution in [3.63, 3.8) is 0 Å². The number of hydrogen-bond donors (Lipinski definition) is 2. The van der Waals surface area contributed by atoms with E-state index in [9.17, 15) is 9.18 Å². The summed E-state index contributed by atoms with van der Waals surface area (Å²) in [6.07, 6.45) is 5.99. The smallest absolute Gasteiger partial charge is 0.315 e. The molecule has 0 saturated carbocycles. The third-order valence-electron chi connectivity index (χ3n) is 3.92. The molecule has 140 valence electrons. The van der Waals surface area contributed by atoms with Gasteiger partial charge >= 0.3 is 6.03 Å². The first kappa shape index (κ1) is 19.7. The predicted molar refractivity (Wildman–Crippen MR) is 99.7 cm³/mol. The van der Waals surface area contributed by atoms with Crippen molar-refractivity contribution in [1.29, 1.82) is 0 Å². The molecule has 0 radical (unpaired) electrons. The van der Waals surface area contributed by atoms with Crippen LogP contribution < -0.4 is 15.4 Å². The molecule has 0 aliphatic rings. The van der Waals surface area contributed by atoms with Gasteiger partial charge in [-0.25, -0.2) is 14.2 Å². The Kier molecular flexibility index (Phi) is 7.86. The molecule has 1 unspecified atom stereocenters. The molecule has 0 bridgehead atoms. The fraction of sp³-hybridized carbons (Fsp3) is 0.400. The molecule has 26 heavy (non-hydrogen) atoms. The highest BCUT2D eigenvalue weighted by atomic mass is 19.1. The Morgan fingerprint density at radius 2 is 2.12 bits per heavy atom. The van der Waals surface area contributed by atoms with Crippen LogP contribution in [0.4, 0.5) is 9.18 Å². The monoisotopic (exact) mass is 359 g/mol. The average Bonchev–Trinajstić information content (AvgIpc) is 2.61. The lowest BCUT2D eigenvalue weighted by Crippen LogP contribution is -2.40. The second-order valence-corrected chi connectivity index (χ2v) is 6.25. The van der Waals surface area contributed by atoms with Gasteiger partial charge in [0, 0.05) is 30.4 Å². The summed E-state index contributed by atoms with van der Waals surface area (Å²) in [5.74, 6) is 0.322. The van der Waals surface area contributed by atoms with Crippen LogP contribution in [0, 0.1) is 5.82 Å². The molecule has 1 aromatic carbocycles.